The number of aromatic carboxylic acids is 1. The van der Waals surface area contributed by atoms with Crippen molar-refractivity contribution >= 4 is 17.6 Å². The molecule has 0 radical (unpaired) electrons. The van der Waals surface area contributed by atoms with E-state index in [1.54, 1.807) is 12.1 Å². The number of aliphatic hydroxyl groups excluding tert-OH is 1. The number of hydrogen-bond donors (Lipinski definition) is 2. The molecule has 5 heteroatoms. The van der Waals surface area contributed by atoms with Gasteiger partial charge in [-0.25, -0.2) is 4.79 Å². The quantitative estimate of drug-likeness (QED) is 0.397. The van der Waals surface area contributed by atoms with Gasteiger partial charge in [-0.3, -0.25) is 4.90 Å². The maximum atomic E-state index is 10.9. The average Bonchev–Trinajstić information content (AvgIpc) is 3.00. The van der Waals surface area contributed by atoms with Crippen LogP contribution in [0.1, 0.15) is 74.2 Å². The van der Waals surface area contributed by atoms with Gasteiger partial charge in [-0.2, -0.15) is 0 Å². The molecule has 0 saturated carbocycles. The van der Waals surface area contributed by atoms with Crippen molar-refractivity contribution < 1.29 is 15.0 Å². The lowest BCUT2D eigenvalue weighted by Gasteiger charge is -2.26. The summed E-state index contributed by atoms with van der Waals surface area (Å²) in [5.74, 6) is -0.888. The van der Waals surface area contributed by atoms with Gasteiger partial charge in [0.05, 0.1) is 17.0 Å². The first-order valence-electron chi connectivity index (χ1n) is 10.4. The minimum Gasteiger partial charge on any atom is -0.478 e. The summed E-state index contributed by atoms with van der Waals surface area (Å²) in [5, 5.41) is 19.3. The number of unbranched alkanes of at least 4 members (excludes halogenated alkanes) is 2. The van der Waals surface area contributed by atoms with Crippen LogP contribution in [0.3, 0.4) is 0 Å². The molecule has 0 aliphatic carbocycles. The van der Waals surface area contributed by atoms with Gasteiger partial charge >= 0.3 is 5.97 Å². The van der Waals surface area contributed by atoms with E-state index in [2.05, 4.69) is 11.8 Å². The molecule has 0 amide bonds. The average molecular weight is 396 g/mol. The predicted octanol–water partition coefficient (Wildman–Crippen LogP) is 4.72. The molecule has 1 saturated heterocycles. The summed E-state index contributed by atoms with van der Waals surface area (Å²) in [4.78, 5) is 13.4. The van der Waals surface area contributed by atoms with Gasteiger partial charge in [0, 0.05) is 6.04 Å². The van der Waals surface area contributed by atoms with Crippen molar-refractivity contribution in [3.63, 3.8) is 0 Å². The molecule has 0 bridgehead atoms. The molecular weight excluding hydrogens is 362 g/mol. The van der Waals surface area contributed by atoms with Gasteiger partial charge in [-0.05, 0) is 69.3 Å². The van der Waals surface area contributed by atoms with E-state index in [-0.39, 0.29) is 11.5 Å². The molecule has 0 spiro atoms. The van der Waals surface area contributed by atoms with Gasteiger partial charge in [-0.1, -0.05) is 38.3 Å². The third-order valence-electron chi connectivity index (χ3n) is 5.63. The van der Waals surface area contributed by atoms with Gasteiger partial charge in [-0.15, -0.1) is 11.6 Å². The van der Waals surface area contributed by atoms with Crippen LogP contribution in [0.2, 0.25) is 0 Å². The van der Waals surface area contributed by atoms with E-state index in [0.717, 1.165) is 63.6 Å². The molecule has 27 heavy (non-hydrogen) atoms. The molecule has 1 aliphatic heterocycles. The molecule has 1 fully saturated rings. The zero-order chi connectivity index (χ0) is 19.6. The second kappa shape index (κ2) is 11.7. The van der Waals surface area contributed by atoms with E-state index in [0.29, 0.717) is 11.6 Å². The smallest absolute Gasteiger partial charge is 0.335 e. The zero-order valence-electron chi connectivity index (χ0n) is 16.4. The first-order chi connectivity index (χ1) is 13.0. The number of rotatable bonds is 12. The first-order valence-corrected chi connectivity index (χ1v) is 10.8. The highest BCUT2D eigenvalue weighted by Gasteiger charge is 2.31. The number of aryl methyl sites for hydroxylation is 1. The summed E-state index contributed by atoms with van der Waals surface area (Å²) < 4.78 is 0. The number of carboxylic acid groups (broad SMARTS) is 1. The van der Waals surface area contributed by atoms with Gasteiger partial charge < -0.3 is 10.2 Å². The van der Waals surface area contributed by atoms with Gasteiger partial charge in [0.1, 0.15) is 0 Å². The van der Waals surface area contributed by atoms with Crippen LogP contribution in [0.25, 0.3) is 0 Å². The number of carboxylic acids is 1. The molecule has 2 N–H and O–H groups in total. The Hall–Kier alpha value is -1.10. The van der Waals surface area contributed by atoms with Crippen LogP contribution in [-0.2, 0) is 6.42 Å². The van der Waals surface area contributed by atoms with Crippen molar-refractivity contribution in [2.45, 2.75) is 82.2 Å². The molecular formula is C22H34ClNO3. The fourth-order valence-corrected chi connectivity index (χ4v) is 4.33. The molecule has 0 aromatic heterocycles. The Bertz CT molecular complexity index is 563. The Labute approximate surface area is 168 Å². The van der Waals surface area contributed by atoms with Crippen LogP contribution >= 0.6 is 11.6 Å². The van der Waals surface area contributed by atoms with Crippen LogP contribution in [0.5, 0.6) is 0 Å². The molecule has 1 unspecified atom stereocenters. The number of carbonyl (C=O) groups is 1. The minimum atomic E-state index is -0.888. The lowest BCUT2D eigenvalue weighted by atomic mass is 10.0. The summed E-state index contributed by atoms with van der Waals surface area (Å²) in [6.45, 7) is 4.21. The highest BCUT2D eigenvalue weighted by atomic mass is 35.5. The highest BCUT2D eigenvalue weighted by Crippen LogP contribution is 2.27. The number of aliphatic hydroxyl groups is 1. The number of likely N-dealkylation sites (tertiary alicyclic amines) is 1. The standard InChI is InChI=1S/C22H34ClNO3/c1-2-3-4-6-19(25)7-5-15-24-16-14-20(23)21(24)13-10-17-8-11-18(12-9-17)22(26)27/h8-9,11-12,19-21,25H,2-7,10,13-16H2,1H3,(H,26,27)/t19?,20-,21+/m1/s1. The highest BCUT2D eigenvalue weighted by molar-refractivity contribution is 6.21. The fraction of sp³-hybridized carbons (Fsp3) is 0.682. The van der Waals surface area contributed by atoms with Crippen molar-refractivity contribution in [2.24, 2.45) is 0 Å². The Morgan fingerprint density at radius 3 is 2.59 bits per heavy atom. The fourth-order valence-electron chi connectivity index (χ4n) is 3.95. The Kier molecular flexibility index (Phi) is 9.60. The topological polar surface area (TPSA) is 60.8 Å². The summed E-state index contributed by atoms with van der Waals surface area (Å²) in [5.41, 5.74) is 1.48. The monoisotopic (exact) mass is 395 g/mol. The van der Waals surface area contributed by atoms with E-state index < -0.39 is 5.97 Å². The van der Waals surface area contributed by atoms with Gasteiger partial charge in [0.15, 0.2) is 0 Å². The predicted molar refractivity (Wildman–Crippen MR) is 111 cm³/mol. The molecule has 1 aromatic carbocycles. The van der Waals surface area contributed by atoms with Crippen LogP contribution in [0.15, 0.2) is 24.3 Å². The Balaban J connectivity index is 1.74. The van der Waals surface area contributed by atoms with E-state index in [4.69, 9.17) is 16.7 Å². The van der Waals surface area contributed by atoms with Crippen LogP contribution in [0.4, 0.5) is 0 Å². The molecule has 1 aromatic rings. The van der Waals surface area contributed by atoms with E-state index in [1.807, 2.05) is 12.1 Å². The molecule has 3 atom stereocenters. The molecule has 2 rings (SSSR count). The maximum Gasteiger partial charge on any atom is 0.335 e. The normalized spacial score (nSPS) is 21.4. The molecule has 1 aliphatic rings. The first kappa shape index (κ1) is 22.2. The zero-order valence-corrected chi connectivity index (χ0v) is 17.2. The second-order valence-electron chi connectivity index (χ2n) is 7.74. The van der Waals surface area contributed by atoms with E-state index >= 15 is 0 Å². The number of hydrogen-bond acceptors (Lipinski definition) is 3. The summed E-state index contributed by atoms with van der Waals surface area (Å²) >= 11 is 6.56. The van der Waals surface area contributed by atoms with Crippen LogP contribution in [0, 0.1) is 0 Å². The van der Waals surface area contributed by atoms with Crippen molar-refractivity contribution in [3.05, 3.63) is 35.4 Å². The molecule has 152 valence electrons. The lowest BCUT2D eigenvalue weighted by molar-refractivity contribution is 0.0697. The van der Waals surface area contributed by atoms with E-state index in [1.165, 1.54) is 12.8 Å². The number of halogens is 1. The van der Waals surface area contributed by atoms with Gasteiger partial charge in [0.2, 0.25) is 0 Å². The van der Waals surface area contributed by atoms with Crippen molar-refractivity contribution in [1.82, 2.24) is 4.90 Å². The summed E-state index contributed by atoms with van der Waals surface area (Å²) in [6, 6.07) is 7.50. The van der Waals surface area contributed by atoms with E-state index in [9.17, 15) is 9.90 Å². The number of benzene rings is 1. The number of alkyl halides is 1. The van der Waals surface area contributed by atoms with Crippen LogP contribution in [-0.4, -0.2) is 51.7 Å². The lowest BCUT2D eigenvalue weighted by Crippen LogP contribution is -2.34. The largest absolute Gasteiger partial charge is 0.478 e. The SMILES string of the molecule is CCCCCC(O)CCCN1CC[C@@H](Cl)[C@@H]1CCc1ccc(C(=O)O)cc1. The van der Waals surface area contributed by atoms with Gasteiger partial charge in [0.25, 0.3) is 0 Å². The summed E-state index contributed by atoms with van der Waals surface area (Å²) in [7, 11) is 0. The molecule has 1 heterocycles. The van der Waals surface area contributed by atoms with Crippen molar-refractivity contribution in [3.8, 4) is 0 Å². The van der Waals surface area contributed by atoms with Crippen molar-refractivity contribution in [1.29, 1.82) is 0 Å². The maximum absolute atomic E-state index is 10.9. The Morgan fingerprint density at radius 2 is 1.93 bits per heavy atom. The van der Waals surface area contributed by atoms with Crippen molar-refractivity contribution in [2.75, 3.05) is 13.1 Å². The third kappa shape index (κ3) is 7.44. The second-order valence-corrected chi connectivity index (χ2v) is 8.30. The summed E-state index contributed by atoms with van der Waals surface area (Å²) in [6.07, 6.45) is 9.06. The Morgan fingerprint density at radius 1 is 1.22 bits per heavy atom. The minimum absolute atomic E-state index is 0.169. The van der Waals surface area contributed by atoms with Crippen LogP contribution < -0.4 is 0 Å². The number of nitrogens with zero attached hydrogens (tertiary/aromatic N) is 1. The third-order valence-corrected chi connectivity index (χ3v) is 6.14. The molecule has 4 nitrogen and oxygen atoms in total.